The van der Waals surface area contributed by atoms with Gasteiger partial charge in [-0.1, -0.05) is 6.07 Å². The van der Waals surface area contributed by atoms with E-state index in [1.54, 1.807) is 24.1 Å². The van der Waals surface area contributed by atoms with E-state index in [4.69, 9.17) is 0 Å². The minimum absolute atomic E-state index is 0.00190. The van der Waals surface area contributed by atoms with Gasteiger partial charge in [0.15, 0.2) is 0 Å². The monoisotopic (exact) mass is 252 g/mol. The highest BCUT2D eigenvalue weighted by atomic mass is 19.1. The maximum absolute atomic E-state index is 13.7. The predicted octanol–water partition coefficient (Wildman–Crippen LogP) is 1.16. The van der Waals surface area contributed by atoms with Gasteiger partial charge < -0.3 is 14.9 Å². The molecular weight excluding hydrogens is 235 g/mol. The molecule has 0 radical (unpaired) electrons. The number of amides is 1. The van der Waals surface area contributed by atoms with Crippen LogP contribution in [0.3, 0.4) is 0 Å². The largest absolute Gasteiger partial charge is 0.389 e. The fourth-order valence-corrected chi connectivity index (χ4v) is 2.18. The van der Waals surface area contributed by atoms with Crippen LogP contribution in [-0.4, -0.2) is 42.6 Å². The van der Waals surface area contributed by atoms with Crippen molar-refractivity contribution in [2.75, 3.05) is 31.6 Å². The van der Waals surface area contributed by atoms with Crippen LogP contribution in [-0.2, 0) is 4.79 Å². The smallest absolute Gasteiger partial charge is 0.241 e. The lowest BCUT2D eigenvalue weighted by atomic mass is 10.1. The number of aliphatic hydroxyl groups is 1. The van der Waals surface area contributed by atoms with E-state index in [9.17, 15) is 14.3 Å². The summed E-state index contributed by atoms with van der Waals surface area (Å²) in [6.07, 6.45) is -0.893. The van der Waals surface area contributed by atoms with Crippen LogP contribution in [0.4, 0.5) is 10.1 Å². The quantitative estimate of drug-likeness (QED) is 0.859. The van der Waals surface area contributed by atoms with E-state index >= 15 is 0 Å². The molecule has 5 heteroatoms. The highest BCUT2D eigenvalue weighted by molar-refractivity contribution is 5.83. The van der Waals surface area contributed by atoms with Crippen molar-refractivity contribution >= 4 is 11.6 Å². The van der Waals surface area contributed by atoms with E-state index in [2.05, 4.69) is 0 Å². The SMILES string of the molecule is C[C@@H](O)c1c(F)cccc1N1CCN(C)C(=O)C1. The number of piperazine rings is 1. The van der Waals surface area contributed by atoms with Crippen molar-refractivity contribution in [3.05, 3.63) is 29.6 Å². The van der Waals surface area contributed by atoms with E-state index in [0.717, 1.165) is 0 Å². The molecule has 1 aliphatic heterocycles. The number of aliphatic hydroxyl groups excluding tert-OH is 1. The molecule has 0 spiro atoms. The van der Waals surface area contributed by atoms with Gasteiger partial charge in [-0.2, -0.15) is 0 Å². The fraction of sp³-hybridized carbons (Fsp3) is 0.462. The van der Waals surface area contributed by atoms with Crippen LogP contribution in [0.5, 0.6) is 0 Å². The molecule has 1 fully saturated rings. The first-order valence-corrected chi connectivity index (χ1v) is 5.96. The third-order valence-corrected chi connectivity index (χ3v) is 3.25. The van der Waals surface area contributed by atoms with Gasteiger partial charge in [-0.3, -0.25) is 4.79 Å². The maximum atomic E-state index is 13.7. The Labute approximate surface area is 106 Å². The van der Waals surface area contributed by atoms with Gasteiger partial charge in [0.1, 0.15) is 5.82 Å². The molecule has 0 bridgehead atoms. The highest BCUT2D eigenvalue weighted by Gasteiger charge is 2.25. The average molecular weight is 252 g/mol. The van der Waals surface area contributed by atoms with Crippen molar-refractivity contribution in [3.63, 3.8) is 0 Å². The molecule has 1 amide bonds. The molecule has 1 aromatic rings. The predicted molar refractivity (Wildman–Crippen MR) is 66.9 cm³/mol. The minimum atomic E-state index is -0.893. The van der Waals surface area contributed by atoms with Crippen LogP contribution >= 0.6 is 0 Å². The van der Waals surface area contributed by atoms with Gasteiger partial charge in [0.25, 0.3) is 0 Å². The lowest BCUT2D eigenvalue weighted by molar-refractivity contribution is -0.129. The minimum Gasteiger partial charge on any atom is -0.389 e. The van der Waals surface area contributed by atoms with Crippen molar-refractivity contribution in [1.82, 2.24) is 4.90 Å². The van der Waals surface area contributed by atoms with Crippen molar-refractivity contribution in [2.45, 2.75) is 13.0 Å². The summed E-state index contributed by atoms with van der Waals surface area (Å²) in [5.41, 5.74) is 0.862. The number of likely N-dealkylation sites (N-methyl/N-ethyl adjacent to an activating group) is 1. The standard InChI is InChI=1S/C13H17FN2O2/c1-9(17)13-10(14)4-3-5-11(13)16-7-6-15(2)12(18)8-16/h3-5,9,17H,6-8H2,1-2H3/t9-/m1/s1. The Hall–Kier alpha value is -1.62. The van der Waals surface area contributed by atoms with Crippen LogP contribution in [0.1, 0.15) is 18.6 Å². The number of benzene rings is 1. The first-order chi connectivity index (χ1) is 8.50. The number of rotatable bonds is 2. The fourth-order valence-electron chi connectivity index (χ4n) is 2.18. The molecule has 1 saturated heterocycles. The van der Waals surface area contributed by atoms with E-state index in [0.29, 0.717) is 18.8 Å². The summed E-state index contributed by atoms with van der Waals surface area (Å²) < 4.78 is 13.7. The van der Waals surface area contributed by atoms with Crippen molar-refractivity contribution in [2.24, 2.45) is 0 Å². The molecule has 1 aliphatic rings. The molecule has 4 nitrogen and oxygen atoms in total. The normalized spacial score (nSPS) is 18.1. The van der Waals surface area contributed by atoms with Crippen molar-refractivity contribution in [1.29, 1.82) is 0 Å². The van der Waals surface area contributed by atoms with Crippen LogP contribution in [0.2, 0.25) is 0 Å². The number of hydrogen-bond donors (Lipinski definition) is 1. The summed E-state index contributed by atoms with van der Waals surface area (Å²) in [6.45, 7) is 3.00. The third kappa shape index (κ3) is 2.31. The number of halogens is 1. The highest BCUT2D eigenvalue weighted by Crippen LogP contribution is 2.29. The Bertz CT molecular complexity index is 462. The summed E-state index contributed by atoms with van der Waals surface area (Å²) in [5.74, 6) is -0.434. The van der Waals surface area contributed by atoms with Gasteiger partial charge in [0.2, 0.25) is 5.91 Å². The maximum Gasteiger partial charge on any atom is 0.241 e. The molecule has 18 heavy (non-hydrogen) atoms. The van der Waals surface area contributed by atoms with Gasteiger partial charge in [0, 0.05) is 31.4 Å². The summed E-state index contributed by atoms with van der Waals surface area (Å²) >= 11 is 0. The second-order valence-electron chi connectivity index (χ2n) is 4.59. The summed E-state index contributed by atoms with van der Waals surface area (Å²) in [4.78, 5) is 15.1. The zero-order chi connectivity index (χ0) is 13.3. The second-order valence-corrected chi connectivity index (χ2v) is 4.59. The molecule has 1 heterocycles. The Morgan fingerprint density at radius 2 is 2.11 bits per heavy atom. The number of carbonyl (C=O) groups excluding carboxylic acids is 1. The Balaban J connectivity index is 2.34. The molecule has 0 unspecified atom stereocenters. The van der Waals surface area contributed by atoms with Gasteiger partial charge in [-0.05, 0) is 19.1 Å². The molecule has 1 aromatic carbocycles. The zero-order valence-corrected chi connectivity index (χ0v) is 10.6. The van der Waals surface area contributed by atoms with Crippen molar-refractivity contribution < 1.29 is 14.3 Å². The van der Waals surface area contributed by atoms with Crippen LogP contribution in [0, 0.1) is 5.82 Å². The van der Waals surface area contributed by atoms with E-state index < -0.39 is 11.9 Å². The third-order valence-electron chi connectivity index (χ3n) is 3.25. The first-order valence-electron chi connectivity index (χ1n) is 5.96. The summed E-state index contributed by atoms with van der Waals surface area (Å²) in [5, 5.41) is 9.67. The number of hydrogen-bond acceptors (Lipinski definition) is 3. The Morgan fingerprint density at radius 3 is 2.72 bits per heavy atom. The topological polar surface area (TPSA) is 43.8 Å². The molecule has 0 aromatic heterocycles. The lowest BCUT2D eigenvalue weighted by Crippen LogP contribution is -2.49. The van der Waals surface area contributed by atoms with Crippen LogP contribution in [0.25, 0.3) is 0 Å². The van der Waals surface area contributed by atoms with Gasteiger partial charge >= 0.3 is 0 Å². The molecule has 98 valence electrons. The molecule has 0 aliphatic carbocycles. The Kier molecular flexibility index (Phi) is 3.52. The van der Waals surface area contributed by atoms with Crippen molar-refractivity contribution in [3.8, 4) is 0 Å². The second kappa shape index (κ2) is 4.94. The van der Waals surface area contributed by atoms with E-state index in [1.165, 1.54) is 13.0 Å². The zero-order valence-electron chi connectivity index (χ0n) is 10.6. The number of carbonyl (C=O) groups is 1. The molecule has 2 rings (SSSR count). The van der Waals surface area contributed by atoms with Gasteiger partial charge in [0.05, 0.1) is 12.6 Å². The van der Waals surface area contributed by atoms with Gasteiger partial charge in [-0.15, -0.1) is 0 Å². The molecule has 0 saturated carbocycles. The van der Waals surface area contributed by atoms with Crippen LogP contribution < -0.4 is 4.90 Å². The first kappa shape index (κ1) is 12.8. The average Bonchev–Trinajstić information content (AvgIpc) is 2.32. The number of anilines is 1. The molecular formula is C13H17FN2O2. The van der Waals surface area contributed by atoms with Crippen LogP contribution in [0.15, 0.2) is 18.2 Å². The number of nitrogens with zero attached hydrogens (tertiary/aromatic N) is 2. The summed E-state index contributed by atoms with van der Waals surface area (Å²) in [7, 11) is 1.75. The lowest BCUT2D eigenvalue weighted by Gasteiger charge is -2.35. The van der Waals surface area contributed by atoms with E-state index in [-0.39, 0.29) is 18.0 Å². The van der Waals surface area contributed by atoms with E-state index in [1.807, 2.05) is 4.90 Å². The molecule has 1 N–H and O–H groups in total. The summed E-state index contributed by atoms with van der Waals surface area (Å²) in [6, 6.07) is 4.66. The molecule has 1 atom stereocenters. The Morgan fingerprint density at radius 1 is 1.39 bits per heavy atom. The van der Waals surface area contributed by atoms with Gasteiger partial charge in [-0.25, -0.2) is 4.39 Å².